The highest BCUT2D eigenvalue weighted by atomic mass is 32.1. The van der Waals surface area contributed by atoms with Gasteiger partial charge in [0.25, 0.3) is 5.91 Å². The monoisotopic (exact) mass is 524 g/mol. The molecule has 2 aromatic heterocycles. The van der Waals surface area contributed by atoms with Gasteiger partial charge in [0.05, 0.1) is 22.2 Å². The number of hydrogen-bond donors (Lipinski definition) is 3. The number of hydrogen-bond acceptors (Lipinski definition) is 9. The second-order valence-corrected chi connectivity index (χ2v) is 9.93. The number of aromatic nitrogens is 2. The molecular weight excluding hydrogens is 496 g/mol. The highest BCUT2D eigenvalue weighted by Gasteiger charge is 2.43. The van der Waals surface area contributed by atoms with Gasteiger partial charge in [0.2, 0.25) is 5.91 Å². The van der Waals surface area contributed by atoms with Crippen molar-refractivity contribution in [2.24, 2.45) is 5.92 Å². The number of thiazole rings is 1. The molecule has 3 atom stereocenters. The van der Waals surface area contributed by atoms with Crippen LogP contribution in [0.25, 0.3) is 10.4 Å². The number of nitrogens with zero attached hydrogens (tertiary/aromatic N) is 3. The molecule has 3 heterocycles. The molecular formula is C26H28N4O6S. The van der Waals surface area contributed by atoms with E-state index in [1.54, 1.807) is 42.8 Å². The van der Waals surface area contributed by atoms with Gasteiger partial charge in [-0.2, -0.15) is 5.48 Å². The Labute approximate surface area is 218 Å². The van der Waals surface area contributed by atoms with Crippen LogP contribution in [-0.2, 0) is 9.59 Å². The normalized spacial score (nSPS) is 17.8. The molecule has 10 nitrogen and oxygen atoms in total. The number of aliphatic hydroxyl groups is 2. The lowest BCUT2D eigenvalue weighted by Gasteiger charge is -2.28. The van der Waals surface area contributed by atoms with E-state index in [4.69, 9.17) is 14.5 Å². The summed E-state index contributed by atoms with van der Waals surface area (Å²) >= 11 is 1.42. The minimum absolute atomic E-state index is 0.0400. The van der Waals surface area contributed by atoms with Crippen LogP contribution in [0.2, 0.25) is 0 Å². The molecule has 0 aliphatic carbocycles. The van der Waals surface area contributed by atoms with Crippen molar-refractivity contribution >= 4 is 23.2 Å². The largest absolute Gasteiger partial charge is 0.391 e. The summed E-state index contributed by atoms with van der Waals surface area (Å²) in [6.45, 7) is 5.35. The molecule has 1 aromatic carbocycles. The van der Waals surface area contributed by atoms with E-state index in [-0.39, 0.29) is 31.4 Å². The lowest BCUT2D eigenvalue weighted by molar-refractivity contribution is -0.143. The van der Waals surface area contributed by atoms with Gasteiger partial charge < -0.3 is 24.5 Å². The van der Waals surface area contributed by atoms with Crippen molar-refractivity contribution in [1.29, 1.82) is 0 Å². The number of aliphatic hydroxyl groups excluding tert-OH is 2. The van der Waals surface area contributed by atoms with Crippen LogP contribution in [0.4, 0.5) is 0 Å². The van der Waals surface area contributed by atoms with Gasteiger partial charge in [0.1, 0.15) is 30.0 Å². The maximum Gasteiger partial charge on any atom is 0.275 e. The lowest BCUT2D eigenvalue weighted by Crippen LogP contribution is -2.48. The molecule has 3 N–H and O–H groups in total. The van der Waals surface area contributed by atoms with E-state index >= 15 is 0 Å². The number of rotatable bonds is 7. The van der Waals surface area contributed by atoms with Crippen molar-refractivity contribution in [3.05, 3.63) is 53.0 Å². The van der Waals surface area contributed by atoms with Crippen LogP contribution in [0.15, 0.2) is 40.4 Å². The number of hydroxylamine groups is 1. The van der Waals surface area contributed by atoms with Crippen molar-refractivity contribution in [3.63, 3.8) is 0 Å². The predicted molar refractivity (Wildman–Crippen MR) is 135 cm³/mol. The Hall–Kier alpha value is -3.72. The van der Waals surface area contributed by atoms with Crippen LogP contribution < -0.4 is 10.3 Å². The zero-order valence-corrected chi connectivity index (χ0v) is 21.5. The topological polar surface area (TPSA) is 138 Å². The molecule has 0 radical (unpaired) electrons. The van der Waals surface area contributed by atoms with Crippen LogP contribution in [0.3, 0.4) is 0 Å². The van der Waals surface area contributed by atoms with Gasteiger partial charge in [-0.05, 0) is 48.6 Å². The Balaban J connectivity index is 1.42. The maximum atomic E-state index is 13.5. The summed E-state index contributed by atoms with van der Waals surface area (Å²) in [6, 6.07) is 7.81. The highest BCUT2D eigenvalue weighted by Crippen LogP contribution is 2.31. The number of benzene rings is 1. The second-order valence-electron chi connectivity index (χ2n) is 9.07. The van der Waals surface area contributed by atoms with Gasteiger partial charge in [0.15, 0.2) is 5.75 Å². The Kier molecular flexibility index (Phi) is 8.23. The van der Waals surface area contributed by atoms with E-state index in [1.807, 2.05) is 13.8 Å². The van der Waals surface area contributed by atoms with Gasteiger partial charge in [-0.1, -0.05) is 24.9 Å². The quantitative estimate of drug-likeness (QED) is 0.316. The molecule has 0 spiro atoms. The molecule has 4 rings (SSSR count). The van der Waals surface area contributed by atoms with Gasteiger partial charge in [-0.15, -0.1) is 11.3 Å². The Bertz CT molecular complexity index is 1310. The van der Waals surface area contributed by atoms with Crippen molar-refractivity contribution in [1.82, 2.24) is 20.5 Å². The zero-order valence-electron chi connectivity index (χ0n) is 20.7. The average molecular weight is 525 g/mol. The fourth-order valence-electron chi connectivity index (χ4n) is 4.26. The van der Waals surface area contributed by atoms with Crippen LogP contribution in [0, 0.1) is 24.7 Å². The first-order chi connectivity index (χ1) is 17.8. The molecule has 1 fully saturated rings. The summed E-state index contributed by atoms with van der Waals surface area (Å²) in [7, 11) is 0. The number of aryl methyl sites for hydroxylation is 1. The van der Waals surface area contributed by atoms with Crippen LogP contribution in [0.1, 0.15) is 43.3 Å². The predicted octanol–water partition coefficient (Wildman–Crippen LogP) is 2.26. The van der Waals surface area contributed by atoms with Gasteiger partial charge in [-0.3, -0.25) is 9.59 Å². The number of nitrogens with one attached hydrogen (secondary N) is 1. The van der Waals surface area contributed by atoms with Crippen LogP contribution in [0.5, 0.6) is 5.75 Å². The average Bonchev–Trinajstić information content (AvgIpc) is 3.61. The molecule has 194 valence electrons. The summed E-state index contributed by atoms with van der Waals surface area (Å²) in [5.74, 6) is 4.65. The van der Waals surface area contributed by atoms with Gasteiger partial charge >= 0.3 is 0 Å². The number of likely N-dealkylation sites (tertiary alicyclic amines) is 1. The summed E-state index contributed by atoms with van der Waals surface area (Å²) < 4.78 is 5.35. The number of β-amino-alcohol motifs (C(OH)–C–C–N with tert-alkyl or cyclic N) is 1. The highest BCUT2D eigenvalue weighted by molar-refractivity contribution is 7.13. The molecule has 0 bridgehead atoms. The van der Waals surface area contributed by atoms with E-state index in [0.29, 0.717) is 22.9 Å². The van der Waals surface area contributed by atoms with E-state index in [2.05, 4.69) is 27.5 Å². The zero-order chi connectivity index (χ0) is 26.5. The SMILES string of the molecule is Cc1cc([C@H](C(=O)N2C[C@H](O)C[C@H]2C(=O)NOc2ccc(-c3scnc3C#CCO)cc2)C(C)C)on1. The third-order valence-electron chi connectivity index (χ3n) is 5.99. The summed E-state index contributed by atoms with van der Waals surface area (Å²) in [4.78, 5) is 38.4. The third kappa shape index (κ3) is 5.99. The van der Waals surface area contributed by atoms with Crippen molar-refractivity contribution in [3.8, 4) is 28.0 Å². The Morgan fingerprint density at radius 2 is 2.08 bits per heavy atom. The molecule has 1 aliphatic heterocycles. The van der Waals surface area contributed by atoms with Crippen molar-refractivity contribution in [2.45, 2.75) is 45.3 Å². The van der Waals surface area contributed by atoms with Gasteiger partial charge in [0, 0.05) is 19.0 Å². The van der Waals surface area contributed by atoms with Crippen LogP contribution in [-0.4, -0.2) is 62.4 Å². The van der Waals surface area contributed by atoms with Gasteiger partial charge in [-0.25, -0.2) is 4.98 Å². The fourth-order valence-corrected chi connectivity index (χ4v) is 5.02. The minimum Gasteiger partial charge on any atom is -0.391 e. The molecule has 1 aliphatic rings. The summed E-state index contributed by atoms with van der Waals surface area (Å²) in [5, 5.41) is 23.1. The molecule has 0 unspecified atom stereocenters. The molecule has 37 heavy (non-hydrogen) atoms. The number of amides is 2. The minimum atomic E-state index is -0.892. The lowest BCUT2D eigenvalue weighted by atomic mass is 9.91. The van der Waals surface area contributed by atoms with Crippen molar-refractivity contribution < 1.29 is 29.2 Å². The molecule has 3 aromatic rings. The van der Waals surface area contributed by atoms with E-state index in [1.165, 1.54) is 16.2 Å². The first-order valence-corrected chi connectivity index (χ1v) is 12.7. The maximum absolute atomic E-state index is 13.5. The molecule has 0 saturated carbocycles. The summed E-state index contributed by atoms with van der Waals surface area (Å²) in [5.41, 5.74) is 6.19. The smallest absolute Gasteiger partial charge is 0.275 e. The van der Waals surface area contributed by atoms with E-state index in [0.717, 1.165) is 10.4 Å². The first-order valence-electron chi connectivity index (χ1n) is 11.8. The molecule has 11 heteroatoms. The third-order valence-corrected chi connectivity index (χ3v) is 6.87. The van der Waals surface area contributed by atoms with E-state index < -0.39 is 24.0 Å². The number of carbonyl (C=O) groups is 2. The molecule has 2 amide bonds. The number of carbonyl (C=O) groups excluding carboxylic acids is 2. The second kappa shape index (κ2) is 11.6. The van der Waals surface area contributed by atoms with Crippen LogP contribution >= 0.6 is 11.3 Å². The first kappa shape index (κ1) is 26.3. The van der Waals surface area contributed by atoms with E-state index in [9.17, 15) is 14.7 Å². The Morgan fingerprint density at radius 1 is 1.32 bits per heavy atom. The fraction of sp³-hybridized carbons (Fsp3) is 0.385. The standard InChI is InChI=1S/C26H28N4O6S/c1-15(2)23(22-11-16(3)28-36-22)26(34)30-13-18(32)12-21(30)25(33)29-35-19-8-6-17(7-9-19)24-20(5-4-10-31)27-14-37-24/h6-9,11,14-15,18,21,23,31-32H,10,12-13H2,1-3H3,(H,29,33)/t18-,21+,23-/m1/s1. The Morgan fingerprint density at radius 3 is 2.73 bits per heavy atom. The summed E-state index contributed by atoms with van der Waals surface area (Å²) in [6.07, 6.45) is -0.728. The van der Waals surface area contributed by atoms with Crippen molar-refractivity contribution in [2.75, 3.05) is 13.2 Å². The molecule has 1 saturated heterocycles.